The number of hydrogen-bond donors (Lipinski definition) is 1. The van der Waals surface area contributed by atoms with Gasteiger partial charge in [-0.25, -0.2) is 9.97 Å². The molecule has 3 aromatic carbocycles. The van der Waals surface area contributed by atoms with Crippen molar-refractivity contribution >= 4 is 40.7 Å². The summed E-state index contributed by atoms with van der Waals surface area (Å²) in [4.78, 5) is 13.8. The van der Waals surface area contributed by atoms with Gasteiger partial charge in [-0.3, -0.25) is 4.90 Å². The molecule has 0 saturated heterocycles. The van der Waals surface area contributed by atoms with Crippen LogP contribution in [0.25, 0.3) is 22.2 Å². The van der Waals surface area contributed by atoms with Crippen LogP contribution < -0.4 is 4.90 Å². The summed E-state index contributed by atoms with van der Waals surface area (Å²) in [5, 5.41) is 1.18. The lowest BCUT2D eigenvalue weighted by atomic mass is 9.81. The summed E-state index contributed by atoms with van der Waals surface area (Å²) in [7, 11) is 0. The van der Waals surface area contributed by atoms with E-state index in [2.05, 4.69) is 142 Å². The molecule has 1 aliphatic rings. The number of fused-ring (bicyclic) bond motifs is 3. The highest BCUT2D eigenvalue weighted by molar-refractivity contribution is 7.80. The third kappa shape index (κ3) is 5.74. The van der Waals surface area contributed by atoms with Crippen LogP contribution in [0.3, 0.4) is 0 Å². The predicted octanol–water partition coefficient (Wildman–Crippen LogP) is 12.1. The first-order valence-electron chi connectivity index (χ1n) is 16.7. The fourth-order valence-electron chi connectivity index (χ4n) is 6.86. The molecular weight excluding hydrogens is 579 g/mol. The van der Waals surface area contributed by atoms with Crippen LogP contribution in [0.15, 0.2) is 71.8 Å². The van der Waals surface area contributed by atoms with Gasteiger partial charge in [0.15, 0.2) is 0 Å². The molecule has 0 saturated carbocycles. The van der Waals surface area contributed by atoms with Crippen molar-refractivity contribution < 1.29 is 0 Å². The van der Waals surface area contributed by atoms with Crippen molar-refractivity contribution in [3.63, 3.8) is 0 Å². The van der Waals surface area contributed by atoms with Gasteiger partial charge in [-0.05, 0) is 98.9 Å². The monoisotopic (exact) mass is 627 g/mol. The number of anilines is 3. The molecule has 0 aliphatic carbocycles. The Morgan fingerprint density at radius 1 is 0.739 bits per heavy atom. The van der Waals surface area contributed by atoms with Crippen molar-refractivity contribution in [1.29, 1.82) is 0 Å². The summed E-state index contributed by atoms with van der Waals surface area (Å²) < 4.78 is 0. The number of thiol groups is 1. The van der Waals surface area contributed by atoms with Crippen molar-refractivity contribution in [1.82, 2.24) is 9.97 Å². The maximum atomic E-state index is 5.47. The van der Waals surface area contributed by atoms with Crippen molar-refractivity contribution in [3.8, 4) is 11.3 Å². The van der Waals surface area contributed by atoms with Crippen LogP contribution in [0, 0.1) is 6.92 Å². The Morgan fingerprint density at radius 3 is 2.07 bits per heavy atom. The number of rotatable bonds is 4. The van der Waals surface area contributed by atoms with Gasteiger partial charge < -0.3 is 0 Å². The number of aromatic nitrogens is 2. The van der Waals surface area contributed by atoms with Crippen molar-refractivity contribution in [3.05, 3.63) is 106 Å². The summed E-state index contributed by atoms with van der Waals surface area (Å²) in [6.45, 7) is 24.9. The molecule has 0 N–H and O–H groups in total. The van der Waals surface area contributed by atoms with E-state index in [-0.39, 0.29) is 10.8 Å². The van der Waals surface area contributed by atoms with Crippen LogP contribution in [-0.4, -0.2) is 9.97 Å². The van der Waals surface area contributed by atoms with Gasteiger partial charge in [-0.15, -0.1) is 12.6 Å². The molecule has 2 aromatic heterocycles. The zero-order valence-electron chi connectivity index (χ0n) is 29.5. The SMILES string of the molecule is Cc1ccnc(N2c3cc(C(C)C)ccc3Cc3cc(C(C)C)c(-c4cc(C(C)(C)C)c5ccc(C(C)(C)C)c(S)c5n4)cc32)c1. The Balaban J connectivity index is 1.67. The summed E-state index contributed by atoms with van der Waals surface area (Å²) >= 11 is 5.16. The van der Waals surface area contributed by atoms with E-state index in [0.29, 0.717) is 11.8 Å². The maximum absolute atomic E-state index is 5.47. The minimum atomic E-state index is -0.0741. The van der Waals surface area contributed by atoms with E-state index >= 15 is 0 Å². The first kappa shape index (κ1) is 32.3. The van der Waals surface area contributed by atoms with Gasteiger partial charge >= 0.3 is 0 Å². The topological polar surface area (TPSA) is 29.0 Å². The van der Waals surface area contributed by atoms with E-state index in [1.807, 2.05) is 6.20 Å². The van der Waals surface area contributed by atoms with Gasteiger partial charge in [0, 0.05) is 28.5 Å². The Labute approximate surface area is 281 Å². The molecule has 3 nitrogen and oxygen atoms in total. The second-order valence-electron chi connectivity index (χ2n) is 15.9. The first-order valence-corrected chi connectivity index (χ1v) is 17.2. The van der Waals surface area contributed by atoms with Gasteiger partial charge in [0.1, 0.15) is 5.82 Å². The van der Waals surface area contributed by atoms with E-state index in [1.165, 1.54) is 61.3 Å². The highest BCUT2D eigenvalue weighted by Crippen LogP contribution is 2.48. The van der Waals surface area contributed by atoms with Crippen molar-refractivity contribution in [2.24, 2.45) is 0 Å². The average Bonchev–Trinajstić information content (AvgIpc) is 2.97. The fraction of sp³-hybridized carbons (Fsp3) is 0.381. The Kier molecular flexibility index (Phi) is 8.12. The summed E-state index contributed by atoms with van der Waals surface area (Å²) in [6, 6.07) is 22.9. The van der Waals surface area contributed by atoms with E-state index < -0.39 is 0 Å². The van der Waals surface area contributed by atoms with Crippen LogP contribution in [0.4, 0.5) is 17.2 Å². The fourth-order valence-corrected chi connectivity index (χ4v) is 7.44. The molecule has 0 radical (unpaired) electrons. The van der Waals surface area contributed by atoms with Gasteiger partial charge in [-0.1, -0.05) is 99.6 Å². The Hall–Kier alpha value is -3.63. The largest absolute Gasteiger partial charge is 0.294 e. The Bertz CT molecular complexity index is 1970. The van der Waals surface area contributed by atoms with Crippen LogP contribution in [0.5, 0.6) is 0 Å². The molecule has 0 unspecified atom stereocenters. The van der Waals surface area contributed by atoms with Gasteiger partial charge in [0.25, 0.3) is 0 Å². The molecule has 46 heavy (non-hydrogen) atoms. The molecule has 0 atom stereocenters. The molecule has 1 aliphatic heterocycles. The number of aryl methyl sites for hydroxylation is 1. The van der Waals surface area contributed by atoms with E-state index in [9.17, 15) is 0 Å². The normalized spacial score (nSPS) is 13.5. The second kappa shape index (κ2) is 11.6. The predicted molar refractivity (Wildman–Crippen MR) is 200 cm³/mol. The molecule has 0 bridgehead atoms. The van der Waals surface area contributed by atoms with E-state index in [0.717, 1.165) is 28.3 Å². The zero-order chi connectivity index (χ0) is 33.3. The molecule has 5 aromatic rings. The highest BCUT2D eigenvalue weighted by atomic mass is 32.1. The molecule has 4 heteroatoms. The van der Waals surface area contributed by atoms with Gasteiger partial charge in [0.05, 0.1) is 22.6 Å². The van der Waals surface area contributed by atoms with Crippen LogP contribution in [-0.2, 0) is 17.3 Å². The number of nitrogens with zero attached hydrogens (tertiary/aromatic N) is 3. The van der Waals surface area contributed by atoms with Crippen LogP contribution >= 0.6 is 12.6 Å². The van der Waals surface area contributed by atoms with Crippen molar-refractivity contribution in [2.45, 2.75) is 110 Å². The minimum absolute atomic E-state index is 0.0384. The second-order valence-corrected chi connectivity index (χ2v) is 16.3. The third-order valence-corrected chi connectivity index (χ3v) is 9.94. The number of benzene rings is 3. The lowest BCUT2D eigenvalue weighted by Gasteiger charge is -2.35. The first-order chi connectivity index (χ1) is 21.5. The molecule has 0 amide bonds. The molecule has 0 fully saturated rings. The molecule has 6 rings (SSSR count). The molecule has 238 valence electrons. The Morgan fingerprint density at radius 2 is 1.43 bits per heavy atom. The summed E-state index contributed by atoms with van der Waals surface area (Å²) in [5.41, 5.74) is 14.5. The van der Waals surface area contributed by atoms with E-state index in [1.54, 1.807) is 0 Å². The minimum Gasteiger partial charge on any atom is -0.294 e. The summed E-state index contributed by atoms with van der Waals surface area (Å²) in [6.07, 6.45) is 2.81. The van der Waals surface area contributed by atoms with E-state index in [4.69, 9.17) is 22.6 Å². The maximum Gasteiger partial charge on any atom is 0.137 e. The lowest BCUT2D eigenvalue weighted by Crippen LogP contribution is -2.21. The average molecular weight is 628 g/mol. The molecule has 0 spiro atoms. The van der Waals surface area contributed by atoms with Crippen molar-refractivity contribution in [2.75, 3.05) is 4.90 Å². The quantitative estimate of drug-likeness (QED) is 0.197. The highest BCUT2D eigenvalue weighted by Gasteiger charge is 2.30. The number of pyridine rings is 2. The molecular formula is C42H49N3S. The van der Waals surface area contributed by atoms with Crippen LogP contribution in [0.2, 0.25) is 0 Å². The van der Waals surface area contributed by atoms with Crippen LogP contribution in [0.1, 0.15) is 120 Å². The van der Waals surface area contributed by atoms with Gasteiger partial charge in [0.2, 0.25) is 0 Å². The molecule has 3 heterocycles. The summed E-state index contributed by atoms with van der Waals surface area (Å²) in [5.74, 6) is 1.70. The number of hydrogen-bond acceptors (Lipinski definition) is 4. The van der Waals surface area contributed by atoms with Gasteiger partial charge in [-0.2, -0.15) is 0 Å². The smallest absolute Gasteiger partial charge is 0.137 e. The lowest BCUT2D eigenvalue weighted by molar-refractivity contribution is 0.579. The standard InChI is InChI=1S/C42H49N3S/c1-24(2)27-12-13-28-19-29-20-31(25(3)4)32(22-37(29)45(36(28)21-27)38-18-26(5)16-17-43-38)35-23-34(42(9,10)11)30-14-15-33(41(6,7)8)40(46)39(30)44-35/h12-18,20-25,46H,19H2,1-11H3. The third-order valence-electron chi connectivity index (χ3n) is 9.49. The zero-order valence-corrected chi connectivity index (χ0v) is 30.4.